The average Bonchev–Trinajstić information content (AvgIpc) is 2.47. The highest BCUT2D eigenvalue weighted by atomic mass is 35.5. The van der Waals surface area contributed by atoms with E-state index in [1.54, 1.807) is 12.1 Å². The lowest BCUT2D eigenvalue weighted by atomic mass is 10.1. The van der Waals surface area contributed by atoms with Crippen LogP contribution in [0.25, 0.3) is 0 Å². The van der Waals surface area contributed by atoms with Crippen LogP contribution in [0.1, 0.15) is 10.4 Å². The van der Waals surface area contributed by atoms with E-state index < -0.39 is 16.6 Å². The number of carbonyl (C=O) groups excluding carboxylic acids is 1. The van der Waals surface area contributed by atoms with Gasteiger partial charge in [-0.05, 0) is 42.5 Å². The van der Waals surface area contributed by atoms with Crippen LogP contribution in [-0.2, 0) is 10.8 Å². The highest BCUT2D eigenvalue weighted by Crippen LogP contribution is 2.25. The fourth-order valence-corrected chi connectivity index (χ4v) is 2.98. The second kappa shape index (κ2) is 6.83. The minimum absolute atomic E-state index is 0.186. The molecule has 1 unspecified atom stereocenters. The van der Waals surface area contributed by atoms with E-state index in [-0.39, 0.29) is 11.5 Å². The molecule has 2 rings (SSSR count). The molecular formula is C15H12ClFO3S. The second-order valence-corrected chi connectivity index (χ2v) is 6.07. The maximum absolute atomic E-state index is 12.8. The molecule has 2 aromatic rings. The van der Waals surface area contributed by atoms with Crippen LogP contribution in [0.15, 0.2) is 47.4 Å². The Hall–Kier alpha value is -1.72. The quantitative estimate of drug-likeness (QED) is 0.790. The Bertz CT molecular complexity index is 686. The van der Waals surface area contributed by atoms with Gasteiger partial charge in [0, 0.05) is 10.5 Å². The SMILES string of the molecule is COc1ccc(C(=O)CS(=O)c2ccc(F)cc2)cc1Cl. The molecular weight excluding hydrogens is 315 g/mol. The number of carbonyl (C=O) groups is 1. The highest BCUT2D eigenvalue weighted by molar-refractivity contribution is 7.85. The van der Waals surface area contributed by atoms with Gasteiger partial charge in [0.2, 0.25) is 0 Å². The molecule has 3 nitrogen and oxygen atoms in total. The molecule has 0 saturated heterocycles. The van der Waals surface area contributed by atoms with Crippen molar-refractivity contribution in [2.45, 2.75) is 4.90 Å². The maximum Gasteiger partial charge on any atom is 0.175 e. The zero-order valence-corrected chi connectivity index (χ0v) is 12.7. The van der Waals surface area contributed by atoms with Crippen LogP contribution >= 0.6 is 11.6 Å². The van der Waals surface area contributed by atoms with Crippen molar-refractivity contribution in [3.05, 3.63) is 58.9 Å². The minimum Gasteiger partial charge on any atom is -0.495 e. The van der Waals surface area contributed by atoms with Gasteiger partial charge in [0.05, 0.1) is 28.7 Å². The molecule has 0 aliphatic rings. The fourth-order valence-electron chi connectivity index (χ4n) is 1.71. The van der Waals surface area contributed by atoms with Gasteiger partial charge in [0.15, 0.2) is 5.78 Å². The number of ether oxygens (including phenoxy) is 1. The third-order valence-corrected chi connectivity index (χ3v) is 4.43. The molecule has 0 aliphatic heterocycles. The number of rotatable bonds is 5. The summed E-state index contributed by atoms with van der Waals surface area (Å²) in [4.78, 5) is 12.5. The summed E-state index contributed by atoms with van der Waals surface area (Å²) in [5, 5.41) is 0.316. The Morgan fingerprint density at radius 1 is 1.24 bits per heavy atom. The first-order valence-corrected chi connectivity index (χ1v) is 7.71. The normalized spacial score (nSPS) is 12.0. The summed E-state index contributed by atoms with van der Waals surface area (Å²) in [5.41, 5.74) is 0.358. The van der Waals surface area contributed by atoms with Gasteiger partial charge >= 0.3 is 0 Å². The lowest BCUT2D eigenvalue weighted by Gasteiger charge is -2.06. The van der Waals surface area contributed by atoms with E-state index in [1.165, 1.54) is 37.4 Å². The number of methoxy groups -OCH3 is 1. The van der Waals surface area contributed by atoms with Crippen molar-refractivity contribution in [2.24, 2.45) is 0 Å². The summed E-state index contributed by atoms with van der Waals surface area (Å²) < 4.78 is 29.9. The molecule has 0 heterocycles. The first kappa shape index (κ1) is 15.7. The van der Waals surface area contributed by atoms with E-state index in [1.807, 2.05) is 0 Å². The van der Waals surface area contributed by atoms with E-state index in [0.29, 0.717) is 21.2 Å². The smallest absolute Gasteiger partial charge is 0.175 e. The molecule has 21 heavy (non-hydrogen) atoms. The second-order valence-electron chi connectivity index (χ2n) is 4.22. The van der Waals surface area contributed by atoms with E-state index >= 15 is 0 Å². The number of hydrogen-bond donors (Lipinski definition) is 0. The molecule has 0 aliphatic carbocycles. The van der Waals surface area contributed by atoms with Crippen LogP contribution in [0, 0.1) is 5.82 Å². The van der Waals surface area contributed by atoms with Gasteiger partial charge in [0.25, 0.3) is 0 Å². The molecule has 2 aromatic carbocycles. The predicted molar refractivity (Wildman–Crippen MR) is 80.0 cm³/mol. The maximum atomic E-state index is 12.8. The predicted octanol–water partition coefficient (Wildman–Crippen LogP) is 3.48. The van der Waals surface area contributed by atoms with Gasteiger partial charge in [-0.3, -0.25) is 9.00 Å². The number of benzene rings is 2. The van der Waals surface area contributed by atoms with Crippen molar-refractivity contribution < 1.29 is 18.1 Å². The molecule has 110 valence electrons. The standard InChI is InChI=1S/C15H12ClFO3S/c1-20-15-7-2-10(8-13(15)16)14(18)9-21(19)12-5-3-11(17)4-6-12/h2-8H,9H2,1H3. The van der Waals surface area contributed by atoms with Gasteiger partial charge in [0.1, 0.15) is 11.6 Å². The molecule has 0 spiro atoms. The first-order valence-electron chi connectivity index (χ1n) is 6.02. The Morgan fingerprint density at radius 3 is 2.48 bits per heavy atom. The van der Waals surface area contributed by atoms with Crippen LogP contribution < -0.4 is 4.74 Å². The Balaban J connectivity index is 2.12. The van der Waals surface area contributed by atoms with Crippen molar-refractivity contribution in [1.82, 2.24) is 0 Å². The van der Waals surface area contributed by atoms with Crippen LogP contribution in [0.4, 0.5) is 4.39 Å². The minimum atomic E-state index is -1.53. The monoisotopic (exact) mass is 326 g/mol. The third kappa shape index (κ3) is 3.89. The average molecular weight is 327 g/mol. The summed E-state index contributed by atoms with van der Waals surface area (Å²) in [6.07, 6.45) is 0. The van der Waals surface area contributed by atoms with E-state index in [2.05, 4.69) is 0 Å². The van der Waals surface area contributed by atoms with E-state index in [0.717, 1.165) is 0 Å². The van der Waals surface area contributed by atoms with Crippen LogP contribution in [-0.4, -0.2) is 22.9 Å². The molecule has 6 heteroatoms. The zero-order valence-electron chi connectivity index (χ0n) is 11.1. The largest absolute Gasteiger partial charge is 0.495 e. The molecule has 1 atom stereocenters. The van der Waals surface area contributed by atoms with Gasteiger partial charge in [-0.2, -0.15) is 0 Å². The summed E-state index contributed by atoms with van der Waals surface area (Å²) >= 11 is 5.95. The van der Waals surface area contributed by atoms with Crippen molar-refractivity contribution in [2.75, 3.05) is 12.9 Å². The first-order chi connectivity index (χ1) is 10.0. The van der Waals surface area contributed by atoms with Gasteiger partial charge in [-0.15, -0.1) is 0 Å². The van der Waals surface area contributed by atoms with Crippen molar-refractivity contribution >= 4 is 28.2 Å². The lowest BCUT2D eigenvalue weighted by molar-refractivity contribution is 0.102. The fraction of sp³-hybridized carbons (Fsp3) is 0.133. The van der Waals surface area contributed by atoms with Crippen LogP contribution in [0.3, 0.4) is 0 Å². The number of Topliss-reactive ketones (excluding diaryl/α,β-unsaturated/α-hetero) is 1. The third-order valence-electron chi connectivity index (χ3n) is 2.81. The lowest BCUT2D eigenvalue weighted by Crippen LogP contribution is -2.11. The summed E-state index contributed by atoms with van der Waals surface area (Å²) in [5.74, 6) is -0.437. The molecule has 0 N–H and O–H groups in total. The molecule has 0 aromatic heterocycles. The molecule has 0 saturated carbocycles. The van der Waals surface area contributed by atoms with E-state index in [4.69, 9.17) is 16.3 Å². The molecule has 0 radical (unpaired) electrons. The summed E-state index contributed by atoms with van der Waals surface area (Å²) in [6.45, 7) is 0. The van der Waals surface area contributed by atoms with Crippen molar-refractivity contribution in [1.29, 1.82) is 0 Å². The van der Waals surface area contributed by atoms with E-state index in [9.17, 15) is 13.4 Å². The topological polar surface area (TPSA) is 43.4 Å². The molecule has 0 amide bonds. The number of hydrogen-bond acceptors (Lipinski definition) is 3. The summed E-state index contributed by atoms with van der Waals surface area (Å²) in [6, 6.07) is 9.85. The number of halogens is 2. The van der Waals surface area contributed by atoms with Gasteiger partial charge in [-0.1, -0.05) is 11.6 Å². The van der Waals surface area contributed by atoms with Crippen molar-refractivity contribution in [3.8, 4) is 5.75 Å². The van der Waals surface area contributed by atoms with Crippen molar-refractivity contribution in [3.63, 3.8) is 0 Å². The highest BCUT2D eigenvalue weighted by Gasteiger charge is 2.14. The van der Waals surface area contributed by atoms with Gasteiger partial charge < -0.3 is 4.74 Å². The Kier molecular flexibility index (Phi) is 5.09. The number of ketones is 1. The van der Waals surface area contributed by atoms with Crippen LogP contribution in [0.5, 0.6) is 5.75 Å². The zero-order chi connectivity index (χ0) is 15.4. The van der Waals surface area contributed by atoms with Gasteiger partial charge in [-0.25, -0.2) is 4.39 Å². The molecule has 0 fully saturated rings. The summed E-state index contributed by atoms with van der Waals surface area (Å²) in [7, 11) is -0.0481. The van der Waals surface area contributed by atoms with Crippen LogP contribution in [0.2, 0.25) is 5.02 Å². The molecule has 0 bridgehead atoms. The Morgan fingerprint density at radius 2 is 1.90 bits per heavy atom. The Labute approximate surface area is 129 Å².